The lowest BCUT2D eigenvalue weighted by molar-refractivity contribution is 1.01. The molecule has 2 aromatic rings. The fourth-order valence-electron chi connectivity index (χ4n) is 3.79. The van der Waals surface area contributed by atoms with Gasteiger partial charge in [0.05, 0.1) is 11.4 Å². The van der Waals surface area contributed by atoms with Gasteiger partial charge in [0.15, 0.2) is 0 Å². The molecule has 0 unspecified atom stereocenters. The van der Waals surface area contributed by atoms with E-state index < -0.39 is 0 Å². The van der Waals surface area contributed by atoms with Crippen LogP contribution in [-0.2, 0) is 0 Å². The molecule has 0 atom stereocenters. The molecule has 3 rings (SSSR count). The van der Waals surface area contributed by atoms with Crippen molar-refractivity contribution in [2.75, 3.05) is 11.9 Å². The van der Waals surface area contributed by atoms with Gasteiger partial charge in [-0.15, -0.1) is 0 Å². The Kier molecular flexibility index (Phi) is 3.79. The van der Waals surface area contributed by atoms with Crippen LogP contribution < -0.4 is 4.90 Å². The van der Waals surface area contributed by atoms with E-state index in [1.807, 2.05) is 11.8 Å². The lowest BCUT2D eigenvalue weighted by atomic mass is 9.94. The Labute approximate surface area is 145 Å². The number of nitrogens with zero attached hydrogens (tertiary/aromatic N) is 1. The van der Waals surface area contributed by atoms with Crippen LogP contribution in [-0.4, -0.2) is 7.05 Å². The number of hydrogen-bond acceptors (Lipinski definition) is 2. The first-order valence-electron chi connectivity index (χ1n) is 8.30. The van der Waals surface area contributed by atoms with E-state index in [2.05, 4.69) is 67.3 Å². The van der Waals surface area contributed by atoms with Gasteiger partial charge in [-0.2, -0.15) is 0 Å². The van der Waals surface area contributed by atoms with E-state index in [1.54, 1.807) is 0 Å². The lowest BCUT2D eigenvalue weighted by Gasteiger charge is -2.36. The van der Waals surface area contributed by atoms with Gasteiger partial charge >= 0.3 is 0 Å². The van der Waals surface area contributed by atoms with Crippen molar-refractivity contribution in [1.82, 2.24) is 0 Å². The highest BCUT2D eigenvalue weighted by atomic mass is 32.2. The van der Waals surface area contributed by atoms with E-state index in [0.717, 1.165) is 0 Å². The van der Waals surface area contributed by atoms with Gasteiger partial charge in [-0.3, -0.25) is 0 Å². The molecule has 2 heteroatoms. The molecule has 0 fully saturated rings. The van der Waals surface area contributed by atoms with Crippen molar-refractivity contribution in [1.29, 1.82) is 0 Å². The molecule has 1 aliphatic heterocycles. The fourth-order valence-corrected chi connectivity index (χ4v) is 5.38. The predicted molar refractivity (Wildman–Crippen MR) is 103 cm³/mol. The molecule has 0 radical (unpaired) electrons. The normalized spacial score (nSPS) is 13.2. The minimum Gasteiger partial charge on any atom is -0.342 e. The van der Waals surface area contributed by atoms with Crippen molar-refractivity contribution in [2.45, 2.75) is 65.2 Å². The molecular weight excluding hydrogens is 298 g/mol. The first kappa shape index (κ1) is 16.4. The Balaban J connectivity index is 2.40. The molecule has 0 saturated heterocycles. The Morgan fingerprint density at radius 3 is 1.13 bits per heavy atom. The van der Waals surface area contributed by atoms with E-state index in [4.69, 9.17) is 0 Å². The van der Waals surface area contributed by atoms with Crippen LogP contribution >= 0.6 is 11.8 Å². The maximum atomic E-state index is 2.44. The second-order valence-electron chi connectivity index (χ2n) is 7.02. The zero-order chi connectivity index (χ0) is 17.2. The average Bonchev–Trinajstić information content (AvgIpc) is 2.53. The smallest absolute Gasteiger partial charge is 0.0585 e. The zero-order valence-electron chi connectivity index (χ0n) is 15.9. The quantitative estimate of drug-likeness (QED) is 0.552. The molecule has 1 nitrogen and oxygen atoms in total. The van der Waals surface area contributed by atoms with E-state index in [1.165, 1.54) is 65.7 Å². The van der Waals surface area contributed by atoms with Crippen LogP contribution in [0.5, 0.6) is 0 Å². The molecule has 1 heterocycles. The number of benzene rings is 2. The Bertz CT molecular complexity index is 777. The van der Waals surface area contributed by atoms with Crippen molar-refractivity contribution in [3.05, 3.63) is 44.5 Å². The third kappa shape index (κ3) is 2.07. The first-order valence-corrected chi connectivity index (χ1v) is 9.12. The monoisotopic (exact) mass is 325 g/mol. The van der Waals surface area contributed by atoms with Crippen LogP contribution in [0, 0.1) is 55.4 Å². The van der Waals surface area contributed by atoms with Gasteiger partial charge in [0, 0.05) is 16.8 Å². The molecule has 1 aliphatic rings. The van der Waals surface area contributed by atoms with Crippen LogP contribution in [0.3, 0.4) is 0 Å². The van der Waals surface area contributed by atoms with Crippen molar-refractivity contribution in [3.63, 3.8) is 0 Å². The Morgan fingerprint density at radius 1 is 0.478 bits per heavy atom. The van der Waals surface area contributed by atoms with E-state index in [0.29, 0.717) is 0 Å². The largest absolute Gasteiger partial charge is 0.342 e. The lowest BCUT2D eigenvalue weighted by Crippen LogP contribution is -2.20. The molecule has 23 heavy (non-hydrogen) atoms. The third-order valence-electron chi connectivity index (χ3n) is 6.07. The summed E-state index contributed by atoms with van der Waals surface area (Å²) in [5.41, 5.74) is 14.2. The van der Waals surface area contributed by atoms with Crippen molar-refractivity contribution in [2.24, 2.45) is 0 Å². The number of fused-ring (bicyclic) bond motifs is 2. The van der Waals surface area contributed by atoms with Crippen LogP contribution in [0.1, 0.15) is 44.5 Å². The second-order valence-corrected chi connectivity index (χ2v) is 8.04. The zero-order valence-corrected chi connectivity index (χ0v) is 16.7. The average molecular weight is 326 g/mol. The summed E-state index contributed by atoms with van der Waals surface area (Å²) in [4.78, 5) is 5.31. The van der Waals surface area contributed by atoms with Crippen molar-refractivity contribution in [3.8, 4) is 0 Å². The summed E-state index contributed by atoms with van der Waals surface area (Å²) in [7, 11) is 2.24. The van der Waals surface area contributed by atoms with Gasteiger partial charge in [-0.05, 0) is 99.9 Å². The Hall–Kier alpha value is -1.41. The van der Waals surface area contributed by atoms with E-state index in [-0.39, 0.29) is 0 Å². The Morgan fingerprint density at radius 2 is 0.783 bits per heavy atom. The topological polar surface area (TPSA) is 3.24 Å². The summed E-state index contributed by atoms with van der Waals surface area (Å²) in [6.07, 6.45) is 0. The van der Waals surface area contributed by atoms with Crippen LogP contribution in [0.2, 0.25) is 0 Å². The summed E-state index contributed by atoms with van der Waals surface area (Å²) in [5.74, 6) is 0. The van der Waals surface area contributed by atoms with Gasteiger partial charge in [0.1, 0.15) is 0 Å². The van der Waals surface area contributed by atoms with Gasteiger partial charge < -0.3 is 4.90 Å². The molecule has 0 aliphatic carbocycles. The maximum absolute atomic E-state index is 2.44. The van der Waals surface area contributed by atoms with E-state index in [9.17, 15) is 0 Å². The number of hydrogen-bond donors (Lipinski definition) is 0. The first-order chi connectivity index (χ1) is 10.7. The molecule has 0 spiro atoms. The summed E-state index contributed by atoms with van der Waals surface area (Å²) >= 11 is 1.97. The molecule has 0 N–H and O–H groups in total. The predicted octanol–water partition coefficient (Wildman–Crippen LogP) is 6.39. The van der Waals surface area contributed by atoms with Crippen LogP contribution in [0.15, 0.2) is 9.79 Å². The summed E-state index contributed by atoms with van der Waals surface area (Å²) in [6.45, 7) is 18.1. The molecule has 122 valence electrons. The summed E-state index contributed by atoms with van der Waals surface area (Å²) in [5, 5.41) is 0. The summed E-state index contributed by atoms with van der Waals surface area (Å²) < 4.78 is 0. The van der Waals surface area contributed by atoms with Crippen LogP contribution in [0.4, 0.5) is 11.4 Å². The van der Waals surface area contributed by atoms with Crippen molar-refractivity contribution < 1.29 is 0 Å². The van der Waals surface area contributed by atoms with Gasteiger partial charge in [0.2, 0.25) is 0 Å². The van der Waals surface area contributed by atoms with Gasteiger partial charge in [-0.25, -0.2) is 0 Å². The molecule has 0 saturated carbocycles. The molecule has 0 amide bonds. The highest BCUT2D eigenvalue weighted by molar-refractivity contribution is 7.99. The number of rotatable bonds is 0. The molecular formula is C21H27NS. The maximum Gasteiger partial charge on any atom is 0.0585 e. The molecule has 0 aromatic heterocycles. The molecule has 2 aromatic carbocycles. The third-order valence-corrected chi connectivity index (χ3v) is 7.48. The second kappa shape index (κ2) is 5.31. The summed E-state index contributed by atoms with van der Waals surface area (Å²) in [6, 6.07) is 0. The molecule has 0 bridgehead atoms. The SMILES string of the molecule is Cc1c(C)c(C)c2c(c1C)Sc1c(C)c(C)c(C)c(C)c1N2C. The minimum atomic E-state index is 1.40. The van der Waals surface area contributed by atoms with Crippen molar-refractivity contribution >= 4 is 23.1 Å². The van der Waals surface area contributed by atoms with Gasteiger partial charge in [0.25, 0.3) is 0 Å². The minimum absolute atomic E-state index is 1.40. The standard InChI is InChI=1S/C21H27NS/c1-10-12(3)16(7)20-18(14(10)5)22(9)19-15(6)11(2)13(4)17(8)21(19)23-20/h1-9H3. The van der Waals surface area contributed by atoms with Crippen LogP contribution in [0.25, 0.3) is 0 Å². The number of anilines is 2. The highest BCUT2D eigenvalue weighted by Crippen LogP contribution is 2.54. The van der Waals surface area contributed by atoms with Gasteiger partial charge in [-0.1, -0.05) is 11.8 Å². The fraction of sp³-hybridized carbons (Fsp3) is 0.429. The van der Waals surface area contributed by atoms with E-state index >= 15 is 0 Å². The highest BCUT2D eigenvalue weighted by Gasteiger charge is 2.29.